The fraction of sp³-hybridized carbons (Fsp3) is 0.143. The van der Waals surface area contributed by atoms with Crippen molar-refractivity contribution in [3.05, 3.63) is 28.2 Å². The van der Waals surface area contributed by atoms with Crippen LogP contribution in [0.25, 0.3) is 0 Å². The summed E-state index contributed by atoms with van der Waals surface area (Å²) in [5, 5.41) is 0.650. The molecule has 1 aromatic rings. The van der Waals surface area contributed by atoms with Crippen LogP contribution in [0.3, 0.4) is 0 Å². The summed E-state index contributed by atoms with van der Waals surface area (Å²) in [6, 6.07) is 4.22. The van der Waals surface area contributed by atoms with E-state index in [0.717, 1.165) is 6.26 Å². The normalized spacial score (nSPS) is 11.3. The van der Waals surface area contributed by atoms with Crippen LogP contribution in [0.2, 0.25) is 10.0 Å². The number of hydrogen-bond acceptors (Lipinski definition) is 3. The molecule has 3 nitrogen and oxygen atoms in total. The molecule has 0 heterocycles. The molecule has 0 saturated heterocycles. The smallest absolute Gasteiger partial charge is 0.306 e. The van der Waals surface area contributed by atoms with Crippen molar-refractivity contribution in [2.45, 2.75) is 0 Å². The maximum atomic E-state index is 10.7. The zero-order valence-corrected chi connectivity index (χ0v) is 8.95. The standard InChI is InChI=1S/C7H6Cl2O3S/c1-13(10,11)12-7-3-5(8)2-6(9)4-7/h2-4H,1H3. The van der Waals surface area contributed by atoms with Crippen LogP contribution in [0.4, 0.5) is 0 Å². The van der Waals surface area contributed by atoms with Crippen LogP contribution in [0.5, 0.6) is 5.75 Å². The van der Waals surface area contributed by atoms with Crippen molar-refractivity contribution in [2.24, 2.45) is 0 Å². The van der Waals surface area contributed by atoms with Gasteiger partial charge in [0, 0.05) is 22.2 Å². The average molecular weight is 241 g/mol. The topological polar surface area (TPSA) is 43.4 Å². The Morgan fingerprint density at radius 1 is 1.15 bits per heavy atom. The molecule has 1 aromatic carbocycles. The second-order valence-corrected chi connectivity index (χ2v) is 4.84. The Bertz CT molecular complexity index is 393. The Balaban J connectivity index is 3.03. The van der Waals surface area contributed by atoms with Crippen molar-refractivity contribution in [1.29, 1.82) is 0 Å². The highest BCUT2D eigenvalue weighted by atomic mass is 35.5. The molecule has 0 saturated carbocycles. The summed E-state index contributed by atoms with van der Waals surface area (Å²) < 4.78 is 26.0. The minimum atomic E-state index is -3.53. The van der Waals surface area contributed by atoms with E-state index in [2.05, 4.69) is 4.18 Å². The van der Waals surface area contributed by atoms with E-state index in [1.165, 1.54) is 18.2 Å². The highest BCUT2D eigenvalue weighted by Gasteiger charge is 2.05. The molecule has 1 rings (SSSR count). The van der Waals surface area contributed by atoms with Gasteiger partial charge in [-0.15, -0.1) is 0 Å². The average Bonchev–Trinajstić information content (AvgIpc) is 1.78. The Hall–Kier alpha value is -0.450. The lowest BCUT2D eigenvalue weighted by molar-refractivity contribution is 0.493. The van der Waals surface area contributed by atoms with Crippen LogP contribution in [0.15, 0.2) is 18.2 Å². The number of benzene rings is 1. The van der Waals surface area contributed by atoms with Gasteiger partial charge in [-0.2, -0.15) is 8.42 Å². The lowest BCUT2D eigenvalue weighted by Gasteiger charge is -2.03. The fourth-order valence-electron chi connectivity index (χ4n) is 0.751. The van der Waals surface area contributed by atoms with E-state index < -0.39 is 10.1 Å². The lowest BCUT2D eigenvalue weighted by Crippen LogP contribution is -2.05. The van der Waals surface area contributed by atoms with Gasteiger partial charge >= 0.3 is 10.1 Å². The number of hydrogen-bond donors (Lipinski definition) is 0. The number of halogens is 2. The highest BCUT2D eigenvalue weighted by Crippen LogP contribution is 2.24. The van der Waals surface area contributed by atoms with Crippen molar-refractivity contribution in [1.82, 2.24) is 0 Å². The zero-order valence-electron chi connectivity index (χ0n) is 6.62. The van der Waals surface area contributed by atoms with Crippen molar-refractivity contribution < 1.29 is 12.6 Å². The second kappa shape index (κ2) is 3.74. The van der Waals surface area contributed by atoms with Crippen LogP contribution in [0.1, 0.15) is 0 Å². The van der Waals surface area contributed by atoms with Crippen molar-refractivity contribution in [2.75, 3.05) is 6.26 Å². The van der Waals surface area contributed by atoms with Gasteiger partial charge in [0.2, 0.25) is 0 Å². The predicted octanol–water partition coefficient (Wildman–Crippen LogP) is 2.33. The summed E-state index contributed by atoms with van der Waals surface area (Å²) in [4.78, 5) is 0. The molecule has 0 aliphatic carbocycles. The van der Waals surface area contributed by atoms with E-state index in [1.807, 2.05) is 0 Å². The molecule has 0 spiro atoms. The SMILES string of the molecule is CS(=O)(=O)Oc1cc(Cl)cc(Cl)c1. The van der Waals surface area contributed by atoms with Crippen LogP contribution in [0, 0.1) is 0 Å². The van der Waals surface area contributed by atoms with Gasteiger partial charge in [-0.05, 0) is 6.07 Å². The molecule has 0 atom stereocenters. The zero-order chi connectivity index (χ0) is 10.1. The quantitative estimate of drug-likeness (QED) is 0.746. The predicted molar refractivity (Wildman–Crippen MR) is 51.9 cm³/mol. The first-order valence-electron chi connectivity index (χ1n) is 3.22. The Labute approximate surface area is 86.4 Å². The summed E-state index contributed by atoms with van der Waals surface area (Å²) in [6.45, 7) is 0. The molecule has 0 unspecified atom stereocenters. The van der Waals surface area contributed by atoms with E-state index in [1.54, 1.807) is 0 Å². The first-order chi connectivity index (χ1) is 5.87. The largest absolute Gasteiger partial charge is 0.382 e. The van der Waals surface area contributed by atoms with Crippen LogP contribution < -0.4 is 4.18 Å². The van der Waals surface area contributed by atoms with Crippen LogP contribution >= 0.6 is 23.2 Å². The van der Waals surface area contributed by atoms with E-state index in [9.17, 15) is 8.42 Å². The first kappa shape index (κ1) is 10.6. The van der Waals surface area contributed by atoms with E-state index >= 15 is 0 Å². The van der Waals surface area contributed by atoms with Gasteiger partial charge < -0.3 is 4.18 Å². The fourth-order valence-corrected chi connectivity index (χ4v) is 1.70. The molecule has 72 valence electrons. The van der Waals surface area contributed by atoms with Gasteiger partial charge in [-0.3, -0.25) is 0 Å². The van der Waals surface area contributed by atoms with E-state index in [0.29, 0.717) is 10.0 Å². The maximum Gasteiger partial charge on any atom is 0.306 e. The third-order valence-corrected chi connectivity index (χ3v) is 2.02. The van der Waals surface area contributed by atoms with E-state index in [-0.39, 0.29) is 5.75 Å². The number of rotatable bonds is 2. The van der Waals surface area contributed by atoms with Crippen molar-refractivity contribution in [3.8, 4) is 5.75 Å². The molecular weight excluding hydrogens is 235 g/mol. The Kier molecular flexibility index (Phi) is 3.05. The van der Waals surface area contributed by atoms with Crippen LogP contribution in [-0.2, 0) is 10.1 Å². The summed E-state index contributed by atoms with van der Waals surface area (Å²) in [5.74, 6) is 0.111. The third-order valence-electron chi connectivity index (χ3n) is 1.08. The molecule has 0 fully saturated rings. The summed E-state index contributed by atoms with van der Waals surface area (Å²) >= 11 is 11.2. The first-order valence-corrected chi connectivity index (χ1v) is 5.79. The highest BCUT2D eigenvalue weighted by molar-refractivity contribution is 7.86. The second-order valence-electron chi connectivity index (χ2n) is 2.39. The van der Waals surface area contributed by atoms with Gasteiger partial charge in [0.15, 0.2) is 0 Å². The molecule has 0 aromatic heterocycles. The Morgan fingerprint density at radius 3 is 2.00 bits per heavy atom. The molecule has 13 heavy (non-hydrogen) atoms. The molecule has 0 aliphatic heterocycles. The van der Waals surface area contributed by atoms with Gasteiger partial charge in [0.1, 0.15) is 5.75 Å². The lowest BCUT2D eigenvalue weighted by atomic mass is 10.3. The van der Waals surface area contributed by atoms with Gasteiger partial charge in [-0.25, -0.2) is 0 Å². The molecule has 0 aliphatic rings. The van der Waals surface area contributed by atoms with Crippen molar-refractivity contribution >= 4 is 33.3 Å². The molecular formula is C7H6Cl2O3S. The van der Waals surface area contributed by atoms with Crippen LogP contribution in [-0.4, -0.2) is 14.7 Å². The Morgan fingerprint density at radius 2 is 1.62 bits per heavy atom. The van der Waals surface area contributed by atoms with Gasteiger partial charge in [-0.1, -0.05) is 23.2 Å². The third kappa shape index (κ3) is 3.85. The summed E-state index contributed by atoms with van der Waals surface area (Å²) in [7, 11) is -3.53. The monoisotopic (exact) mass is 240 g/mol. The maximum absolute atomic E-state index is 10.7. The van der Waals surface area contributed by atoms with Gasteiger partial charge in [0.25, 0.3) is 0 Å². The molecule has 0 amide bonds. The van der Waals surface area contributed by atoms with E-state index in [4.69, 9.17) is 23.2 Å². The molecule has 0 radical (unpaired) electrons. The molecule has 6 heteroatoms. The summed E-state index contributed by atoms with van der Waals surface area (Å²) in [5.41, 5.74) is 0. The van der Waals surface area contributed by atoms with Gasteiger partial charge in [0.05, 0.1) is 6.26 Å². The summed E-state index contributed by atoms with van der Waals surface area (Å²) in [6.07, 6.45) is 0.946. The molecule has 0 bridgehead atoms. The minimum absolute atomic E-state index is 0.111. The molecule has 0 N–H and O–H groups in total. The van der Waals surface area contributed by atoms with Crippen molar-refractivity contribution in [3.63, 3.8) is 0 Å². The minimum Gasteiger partial charge on any atom is -0.382 e.